The van der Waals surface area contributed by atoms with Gasteiger partial charge in [-0.15, -0.1) is 0 Å². The van der Waals surface area contributed by atoms with E-state index in [9.17, 15) is 4.79 Å². The number of allylic oxidation sites excluding steroid dienone is 2. The molecule has 25 heavy (non-hydrogen) atoms. The van der Waals surface area contributed by atoms with Crippen LogP contribution in [0.2, 0.25) is 0 Å². The van der Waals surface area contributed by atoms with Gasteiger partial charge in [-0.25, -0.2) is 4.79 Å². The van der Waals surface area contributed by atoms with Gasteiger partial charge in [-0.05, 0) is 65.2 Å². The minimum atomic E-state index is -0.264. The zero-order valence-corrected chi connectivity index (χ0v) is 16.8. The molecular formula is C21H37NO3. The highest BCUT2D eigenvalue weighted by Gasteiger charge is 2.52. The van der Waals surface area contributed by atoms with Crippen LogP contribution in [0.5, 0.6) is 0 Å². The number of ether oxygens (including phenoxy) is 2. The Morgan fingerprint density at radius 2 is 2.04 bits per heavy atom. The summed E-state index contributed by atoms with van der Waals surface area (Å²) < 4.78 is 11.6. The van der Waals surface area contributed by atoms with Gasteiger partial charge in [-0.3, -0.25) is 0 Å². The molecular weight excluding hydrogens is 314 g/mol. The first-order valence-electron chi connectivity index (χ1n) is 10.0. The van der Waals surface area contributed by atoms with E-state index in [2.05, 4.69) is 46.0 Å². The van der Waals surface area contributed by atoms with Crippen molar-refractivity contribution >= 4 is 6.09 Å². The molecule has 1 N–H and O–H groups in total. The molecule has 4 nitrogen and oxygen atoms in total. The Kier molecular flexibility index (Phi) is 7.36. The molecule has 0 radical (unpaired) electrons. The zero-order chi connectivity index (χ0) is 18.4. The van der Waals surface area contributed by atoms with Crippen LogP contribution in [0.15, 0.2) is 11.6 Å². The van der Waals surface area contributed by atoms with Crippen molar-refractivity contribution in [2.75, 3.05) is 13.2 Å². The minimum Gasteiger partial charge on any atom is -0.446 e. The van der Waals surface area contributed by atoms with E-state index in [-0.39, 0.29) is 17.8 Å². The van der Waals surface area contributed by atoms with Crippen LogP contribution >= 0.6 is 0 Å². The Hall–Kier alpha value is -1.03. The van der Waals surface area contributed by atoms with Crippen LogP contribution in [0.4, 0.5) is 4.79 Å². The molecule has 2 aliphatic carbocycles. The molecule has 1 amide bonds. The lowest BCUT2D eigenvalue weighted by Crippen LogP contribution is -2.34. The van der Waals surface area contributed by atoms with Crippen molar-refractivity contribution in [1.82, 2.24) is 5.32 Å². The Morgan fingerprint density at radius 3 is 2.76 bits per heavy atom. The summed E-state index contributed by atoms with van der Waals surface area (Å²) in [7, 11) is 0. The second-order valence-corrected chi connectivity index (χ2v) is 8.83. The molecule has 0 aromatic rings. The standard InChI is InChI=1S/C21H37NO3/c1-15(2)11-14-24-21(4,5)12-13-22-20(23)25-19-17-8-6-7-16(3)9-10-18(17)19/h7,15,17-19H,6,8-14H2,1-5H3,(H,22,23)/b16-7-. The molecule has 1 saturated carbocycles. The van der Waals surface area contributed by atoms with Gasteiger partial charge in [-0.2, -0.15) is 0 Å². The summed E-state index contributed by atoms with van der Waals surface area (Å²) in [6.45, 7) is 12.1. The summed E-state index contributed by atoms with van der Waals surface area (Å²) >= 11 is 0. The molecule has 0 aliphatic heterocycles. The summed E-state index contributed by atoms with van der Waals surface area (Å²) in [6.07, 6.45) is 8.64. The van der Waals surface area contributed by atoms with Gasteiger partial charge < -0.3 is 14.8 Å². The largest absolute Gasteiger partial charge is 0.446 e. The fourth-order valence-electron chi connectivity index (χ4n) is 3.63. The van der Waals surface area contributed by atoms with Crippen LogP contribution in [0.3, 0.4) is 0 Å². The minimum absolute atomic E-state index is 0.134. The summed E-state index contributed by atoms with van der Waals surface area (Å²) in [4.78, 5) is 12.1. The van der Waals surface area contributed by atoms with E-state index in [4.69, 9.17) is 9.47 Å². The van der Waals surface area contributed by atoms with Gasteiger partial charge in [0.1, 0.15) is 6.10 Å². The Morgan fingerprint density at radius 1 is 1.32 bits per heavy atom. The molecule has 0 spiro atoms. The summed E-state index contributed by atoms with van der Waals surface area (Å²) in [5.41, 5.74) is 1.27. The molecule has 0 aromatic carbocycles. The van der Waals surface area contributed by atoms with Crippen LogP contribution in [0, 0.1) is 17.8 Å². The van der Waals surface area contributed by atoms with E-state index in [1.807, 2.05) is 0 Å². The number of carbonyl (C=O) groups excluding carboxylic acids is 1. The molecule has 0 heterocycles. The van der Waals surface area contributed by atoms with Crippen molar-refractivity contribution in [3.05, 3.63) is 11.6 Å². The number of carbonyl (C=O) groups is 1. The first kappa shape index (κ1) is 20.3. The van der Waals surface area contributed by atoms with Gasteiger partial charge in [0.2, 0.25) is 0 Å². The average Bonchev–Trinajstić information content (AvgIpc) is 3.12. The molecule has 2 rings (SSSR count). The maximum atomic E-state index is 12.1. The molecule has 1 fully saturated rings. The van der Waals surface area contributed by atoms with Gasteiger partial charge in [0.05, 0.1) is 5.60 Å². The van der Waals surface area contributed by atoms with Gasteiger partial charge in [-0.1, -0.05) is 25.5 Å². The second-order valence-electron chi connectivity index (χ2n) is 8.83. The van der Waals surface area contributed by atoms with Gasteiger partial charge in [0, 0.05) is 25.0 Å². The molecule has 3 atom stereocenters. The average molecular weight is 352 g/mol. The van der Waals surface area contributed by atoms with Crippen molar-refractivity contribution in [3.8, 4) is 0 Å². The van der Waals surface area contributed by atoms with Crippen molar-refractivity contribution < 1.29 is 14.3 Å². The van der Waals surface area contributed by atoms with Crippen LogP contribution < -0.4 is 5.32 Å². The van der Waals surface area contributed by atoms with Crippen molar-refractivity contribution in [2.24, 2.45) is 17.8 Å². The normalized spacial score (nSPS) is 28.4. The number of rotatable bonds is 8. The number of hydrogen-bond donors (Lipinski definition) is 1. The summed E-state index contributed by atoms with van der Waals surface area (Å²) in [5, 5.41) is 2.90. The lowest BCUT2D eigenvalue weighted by molar-refractivity contribution is -0.0271. The predicted molar refractivity (Wildman–Crippen MR) is 102 cm³/mol. The van der Waals surface area contributed by atoms with Crippen LogP contribution in [0.25, 0.3) is 0 Å². The number of amides is 1. The van der Waals surface area contributed by atoms with E-state index in [0.29, 0.717) is 24.3 Å². The smallest absolute Gasteiger partial charge is 0.407 e. The van der Waals surface area contributed by atoms with E-state index in [0.717, 1.165) is 45.1 Å². The van der Waals surface area contributed by atoms with Crippen molar-refractivity contribution in [2.45, 2.75) is 84.8 Å². The van der Waals surface area contributed by atoms with Crippen LogP contribution in [-0.2, 0) is 9.47 Å². The molecule has 0 bridgehead atoms. The zero-order valence-electron chi connectivity index (χ0n) is 16.8. The molecule has 0 aromatic heterocycles. The highest BCUT2D eigenvalue weighted by Crippen LogP contribution is 2.49. The van der Waals surface area contributed by atoms with Crippen LogP contribution in [-0.4, -0.2) is 30.9 Å². The van der Waals surface area contributed by atoms with Gasteiger partial charge >= 0.3 is 6.09 Å². The van der Waals surface area contributed by atoms with E-state index >= 15 is 0 Å². The first-order chi connectivity index (χ1) is 11.8. The van der Waals surface area contributed by atoms with E-state index < -0.39 is 0 Å². The van der Waals surface area contributed by atoms with Crippen molar-refractivity contribution in [3.63, 3.8) is 0 Å². The highest BCUT2D eigenvalue weighted by atomic mass is 16.6. The lowest BCUT2D eigenvalue weighted by Gasteiger charge is -2.26. The molecule has 3 unspecified atom stereocenters. The van der Waals surface area contributed by atoms with Gasteiger partial charge in [0.25, 0.3) is 0 Å². The van der Waals surface area contributed by atoms with Crippen molar-refractivity contribution in [1.29, 1.82) is 0 Å². The van der Waals surface area contributed by atoms with E-state index in [1.54, 1.807) is 0 Å². The number of hydrogen-bond acceptors (Lipinski definition) is 3. The number of alkyl carbamates (subject to hydrolysis) is 1. The Bertz CT molecular complexity index is 470. The summed E-state index contributed by atoms with van der Waals surface area (Å²) in [5.74, 6) is 1.80. The predicted octanol–water partition coefficient (Wildman–Crippen LogP) is 5.08. The maximum Gasteiger partial charge on any atom is 0.407 e. The highest BCUT2D eigenvalue weighted by molar-refractivity contribution is 5.67. The third-order valence-electron chi connectivity index (χ3n) is 5.55. The third-order valence-corrected chi connectivity index (χ3v) is 5.55. The lowest BCUT2D eigenvalue weighted by atomic mass is 10.0. The maximum absolute atomic E-state index is 12.1. The second kappa shape index (κ2) is 9.07. The molecule has 2 aliphatic rings. The Labute approximate surface area is 153 Å². The molecule has 0 saturated heterocycles. The van der Waals surface area contributed by atoms with E-state index in [1.165, 1.54) is 5.57 Å². The first-order valence-corrected chi connectivity index (χ1v) is 10.0. The quantitative estimate of drug-likeness (QED) is 0.620. The van der Waals surface area contributed by atoms with Crippen LogP contribution in [0.1, 0.15) is 73.1 Å². The fourth-order valence-corrected chi connectivity index (χ4v) is 3.63. The molecule has 144 valence electrons. The fraction of sp³-hybridized carbons (Fsp3) is 0.857. The number of fused-ring (bicyclic) bond motifs is 1. The van der Waals surface area contributed by atoms with Gasteiger partial charge in [0.15, 0.2) is 0 Å². The number of nitrogens with one attached hydrogen (secondary N) is 1. The SMILES string of the molecule is C/C1=C/CCC2C(CC1)C2OC(=O)NCCC(C)(C)OCCC(C)C. The molecule has 4 heteroatoms. The topological polar surface area (TPSA) is 47.6 Å². The summed E-state index contributed by atoms with van der Waals surface area (Å²) in [6, 6.07) is 0. The Balaban J connectivity index is 1.61. The monoisotopic (exact) mass is 351 g/mol. The third kappa shape index (κ3) is 7.01.